The van der Waals surface area contributed by atoms with Crippen LogP contribution in [0.5, 0.6) is 0 Å². The number of hydrogen-bond acceptors (Lipinski definition) is 6. The summed E-state index contributed by atoms with van der Waals surface area (Å²) in [5.74, 6) is -0.201. The first-order chi connectivity index (χ1) is 8.21. The van der Waals surface area contributed by atoms with E-state index in [1.165, 1.54) is 0 Å². The Morgan fingerprint density at radius 2 is 2.22 bits per heavy atom. The number of aryl methyl sites for hydroxylation is 1. The minimum Gasteiger partial charge on any atom is -0.375 e. The Kier molecular flexibility index (Phi) is 3.10. The summed E-state index contributed by atoms with van der Waals surface area (Å²) in [5, 5.41) is 3.11. The molecule has 0 bridgehead atoms. The molecule has 1 aliphatic rings. The zero-order chi connectivity index (χ0) is 13.6. The maximum absolute atomic E-state index is 12.1. The Bertz CT molecular complexity index is 594. The number of nitrogens with one attached hydrogen (secondary N) is 1. The van der Waals surface area contributed by atoms with E-state index in [0.717, 1.165) is 11.3 Å². The van der Waals surface area contributed by atoms with E-state index in [4.69, 9.17) is 5.73 Å². The van der Waals surface area contributed by atoms with Gasteiger partial charge in [-0.15, -0.1) is 0 Å². The average molecular weight is 289 g/mol. The number of amides is 1. The van der Waals surface area contributed by atoms with E-state index in [2.05, 4.69) is 10.3 Å². The standard InChI is InChI=1S/C10H15N3O3S2/c1-6-7(17-9(11)12-6)8(14)13-10(2)3-4-18(15,16)5-10/h3-5H2,1-2H3,(H2,11,12)(H,13,14). The molecule has 1 aliphatic heterocycles. The number of carbonyl (C=O) groups excluding carboxylic acids is 1. The topological polar surface area (TPSA) is 102 Å². The number of anilines is 1. The van der Waals surface area contributed by atoms with Gasteiger partial charge < -0.3 is 11.1 Å². The lowest BCUT2D eigenvalue weighted by Crippen LogP contribution is -2.46. The predicted octanol–water partition coefficient (Wildman–Crippen LogP) is 0.341. The first kappa shape index (κ1) is 13.3. The van der Waals surface area contributed by atoms with Gasteiger partial charge in [0.2, 0.25) is 0 Å². The highest BCUT2D eigenvalue weighted by molar-refractivity contribution is 7.91. The van der Waals surface area contributed by atoms with E-state index in [0.29, 0.717) is 22.1 Å². The maximum Gasteiger partial charge on any atom is 0.263 e. The van der Waals surface area contributed by atoms with E-state index < -0.39 is 15.4 Å². The molecule has 2 heterocycles. The molecule has 0 aromatic carbocycles. The second kappa shape index (κ2) is 4.20. The average Bonchev–Trinajstić information content (AvgIpc) is 2.67. The SMILES string of the molecule is Cc1nc(N)sc1C(=O)NC1(C)CCS(=O)(=O)C1. The van der Waals surface area contributed by atoms with Gasteiger partial charge in [-0.2, -0.15) is 0 Å². The second-order valence-electron chi connectivity index (χ2n) is 4.82. The molecule has 18 heavy (non-hydrogen) atoms. The smallest absolute Gasteiger partial charge is 0.263 e. The van der Waals surface area contributed by atoms with E-state index >= 15 is 0 Å². The van der Waals surface area contributed by atoms with Crippen LogP contribution in [0.25, 0.3) is 0 Å². The quantitative estimate of drug-likeness (QED) is 0.817. The van der Waals surface area contributed by atoms with Crippen molar-refractivity contribution in [3.8, 4) is 0 Å². The zero-order valence-electron chi connectivity index (χ0n) is 10.2. The van der Waals surface area contributed by atoms with Crippen LogP contribution < -0.4 is 11.1 Å². The van der Waals surface area contributed by atoms with Crippen LogP contribution in [0, 0.1) is 6.92 Å². The van der Waals surface area contributed by atoms with E-state index in [1.54, 1.807) is 13.8 Å². The van der Waals surface area contributed by atoms with Gasteiger partial charge in [-0.05, 0) is 20.3 Å². The van der Waals surface area contributed by atoms with Crippen LogP contribution in [0.4, 0.5) is 5.13 Å². The third-order valence-corrected chi connectivity index (χ3v) is 5.83. The number of nitrogen functional groups attached to an aromatic ring is 1. The van der Waals surface area contributed by atoms with Crippen molar-refractivity contribution in [2.75, 3.05) is 17.2 Å². The fraction of sp³-hybridized carbons (Fsp3) is 0.600. The van der Waals surface area contributed by atoms with Gasteiger partial charge in [0, 0.05) is 0 Å². The monoisotopic (exact) mass is 289 g/mol. The van der Waals surface area contributed by atoms with Crippen molar-refractivity contribution in [2.24, 2.45) is 0 Å². The molecule has 1 fully saturated rings. The van der Waals surface area contributed by atoms with Gasteiger partial charge >= 0.3 is 0 Å². The molecular formula is C10H15N3O3S2. The molecule has 1 amide bonds. The van der Waals surface area contributed by atoms with Crippen LogP contribution in [-0.4, -0.2) is 36.4 Å². The van der Waals surface area contributed by atoms with E-state index in [-0.39, 0.29) is 17.4 Å². The summed E-state index contributed by atoms with van der Waals surface area (Å²) in [6.07, 6.45) is 0.439. The van der Waals surface area contributed by atoms with Crippen molar-refractivity contribution in [2.45, 2.75) is 25.8 Å². The van der Waals surface area contributed by atoms with Crippen LogP contribution in [0.2, 0.25) is 0 Å². The molecule has 8 heteroatoms. The highest BCUT2D eigenvalue weighted by Gasteiger charge is 2.40. The van der Waals surface area contributed by atoms with Crippen molar-refractivity contribution in [3.63, 3.8) is 0 Å². The number of nitrogens with two attached hydrogens (primary N) is 1. The normalized spacial score (nSPS) is 26.1. The molecule has 6 nitrogen and oxygen atoms in total. The van der Waals surface area contributed by atoms with Crippen LogP contribution in [0.3, 0.4) is 0 Å². The lowest BCUT2D eigenvalue weighted by Gasteiger charge is -2.23. The third kappa shape index (κ3) is 2.64. The number of hydrogen-bond donors (Lipinski definition) is 2. The van der Waals surface area contributed by atoms with Gasteiger partial charge in [0.25, 0.3) is 5.91 Å². The number of sulfone groups is 1. The van der Waals surface area contributed by atoms with Crippen molar-refractivity contribution in [1.29, 1.82) is 0 Å². The molecule has 1 aromatic heterocycles. The molecule has 1 aromatic rings. The first-order valence-electron chi connectivity index (χ1n) is 5.47. The summed E-state index contributed by atoms with van der Waals surface area (Å²) in [6, 6.07) is 0. The molecule has 1 unspecified atom stereocenters. The molecule has 2 rings (SSSR count). The molecule has 0 radical (unpaired) electrons. The fourth-order valence-corrected chi connectivity index (χ4v) is 4.89. The summed E-state index contributed by atoms with van der Waals surface area (Å²) in [4.78, 5) is 16.5. The van der Waals surface area contributed by atoms with Gasteiger partial charge in [-0.3, -0.25) is 4.79 Å². The van der Waals surface area contributed by atoms with Crippen molar-refractivity contribution < 1.29 is 13.2 Å². The molecule has 0 spiro atoms. The summed E-state index contributed by atoms with van der Waals surface area (Å²) in [6.45, 7) is 3.45. The van der Waals surface area contributed by atoms with Crippen LogP contribution in [0.1, 0.15) is 28.7 Å². The molecule has 0 aliphatic carbocycles. The van der Waals surface area contributed by atoms with Crippen molar-refractivity contribution in [1.82, 2.24) is 10.3 Å². The Balaban J connectivity index is 2.16. The van der Waals surface area contributed by atoms with Gasteiger partial charge in [-0.1, -0.05) is 11.3 Å². The molecule has 0 saturated carbocycles. The number of aromatic nitrogens is 1. The summed E-state index contributed by atoms with van der Waals surface area (Å²) in [7, 11) is -3.04. The fourth-order valence-electron chi connectivity index (χ4n) is 2.07. The Hall–Kier alpha value is -1.15. The second-order valence-corrected chi connectivity index (χ2v) is 8.04. The Labute approximate surface area is 110 Å². The van der Waals surface area contributed by atoms with Gasteiger partial charge in [-0.25, -0.2) is 13.4 Å². The van der Waals surface area contributed by atoms with Crippen LogP contribution >= 0.6 is 11.3 Å². The van der Waals surface area contributed by atoms with Crippen molar-refractivity contribution in [3.05, 3.63) is 10.6 Å². The summed E-state index contributed by atoms with van der Waals surface area (Å²) < 4.78 is 22.9. The van der Waals surface area contributed by atoms with E-state index in [9.17, 15) is 13.2 Å². The first-order valence-corrected chi connectivity index (χ1v) is 8.10. The van der Waals surface area contributed by atoms with E-state index in [1.807, 2.05) is 0 Å². The molecule has 3 N–H and O–H groups in total. The highest BCUT2D eigenvalue weighted by Crippen LogP contribution is 2.25. The Morgan fingerprint density at radius 3 is 2.67 bits per heavy atom. The van der Waals surface area contributed by atoms with Crippen molar-refractivity contribution >= 4 is 32.2 Å². The van der Waals surface area contributed by atoms with Crippen LogP contribution in [-0.2, 0) is 9.84 Å². The minimum absolute atomic E-state index is 0.0148. The maximum atomic E-state index is 12.1. The van der Waals surface area contributed by atoms with Gasteiger partial charge in [0.05, 0.1) is 22.7 Å². The predicted molar refractivity (Wildman–Crippen MR) is 70.4 cm³/mol. The van der Waals surface area contributed by atoms with Gasteiger partial charge in [0.15, 0.2) is 15.0 Å². The zero-order valence-corrected chi connectivity index (χ0v) is 11.8. The molecular weight excluding hydrogens is 274 g/mol. The number of carbonyl (C=O) groups is 1. The Morgan fingerprint density at radius 1 is 1.56 bits per heavy atom. The molecule has 1 atom stereocenters. The van der Waals surface area contributed by atoms with Crippen LogP contribution in [0.15, 0.2) is 0 Å². The highest BCUT2D eigenvalue weighted by atomic mass is 32.2. The summed E-state index contributed by atoms with van der Waals surface area (Å²) >= 11 is 1.11. The molecule has 100 valence electrons. The molecule has 1 saturated heterocycles. The minimum atomic E-state index is -3.04. The lowest BCUT2D eigenvalue weighted by atomic mass is 10.0. The summed E-state index contributed by atoms with van der Waals surface area (Å²) in [5.41, 5.74) is 5.41. The number of thiazole rings is 1. The number of rotatable bonds is 2. The third-order valence-electron chi connectivity index (χ3n) is 2.94. The largest absolute Gasteiger partial charge is 0.375 e. The lowest BCUT2D eigenvalue weighted by molar-refractivity contribution is 0.0919. The number of nitrogens with zero attached hydrogens (tertiary/aromatic N) is 1. The van der Waals surface area contributed by atoms with Gasteiger partial charge in [0.1, 0.15) is 4.88 Å².